The quantitative estimate of drug-likeness (QED) is 0.755. The van der Waals surface area contributed by atoms with Gasteiger partial charge in [0.2, 0.25) is 0 Å². The van der Waals surface area contributed by atoms with Crippen LogP contribution in [0, 0.1) is 17.5 Å². The van der Waals surface area contributed by atoms with Gasteiger partial charge < -0.3 is 14.7 Å². The molecule has 1 aromatic carbocycles. The van der Waals surface area contributed by atoms with Crippen molar-refractivity contribution in [2.75, 3.05) is 11.9 Å². The molecular weight excluding hydrogens is 359 g/mol. The molecule has 2 heterocycles. The van der Waals surface area contributed by atoms with Crippen molar-refractivity contribution >= 4 is 11.7 Å². The Morgan fingerprint density at radius 3 is 2.56 bits per heavy atom. The van der Waals surface area contributed by atoms with Crippen molar-refractivity contribution in [3.63, 3.8) is 0 Å². The number of nitrogens with zero attached hydrogens (tertiary/aromatic N) is 2. The lowest BCUT2D eigenvalue weighted by Gasteiger charge is -2.33. The SMILES string of the molecule is C[C@H]1c2c(noc2C2CCCC2)CCN1C(=O)Nc1cc(F)c(F)c(F)c1. The molecule has 8 heteroatoms. The van der Waals surface area contributed by atoms with Crippen molar-refractivity contribution < 1.29 is 22.5 Å². The van der Waals surface area contributed by atoms with Gasteiger partial charge in [0, 0.05) is 42.3 Å². The van der Waals surface area contributed by atoms with E-state index in [9.17, 15) is 18.0 Å². The number of halogens is 3. The molecular formula is C19H20F3N3O2. The Bertz CT molecular complexity index is 854. The van der Waals surface area contributed by atoms with Crippen molar-refractivity contribution in [1.29, 1.82) is 0 Å². The van der Waals surface area contributed by atoms with Crippen LogP contribution in [0.25, 0.3) is 0 Å². The largest absolute Gasteiger partial charge is 0.360 e. The van der Waals surface area contributed by atoms with Crippen LogP contribution in [0.2, 0.25) is 0 Å². The van der Waals surface area contributed by atoms with Gasteiger partial charge in [-0.05, 0) is 19.8 Å². The minimum atomic E-state index is -1.56. The molecule has 144 valence electrons. The number of carbonyl (C=O) groups excluding carboxylic acids is 1. The molecule has 1 aliphatic carbocycles. The zero-order chi connectivity index (χ0) is 19.1. The highest BCUT2D eigenvalue weighted by atomic mass is 19.2. The number of aromatic nitrogens is 1. The van der Waals surface area contributed by atoms with Crippen molar-refractivity contribution in [1.82, 2.24) is 10.1 Å². The number of amides is 2. The highest BCUT2D eigenvalue weighted by Crippen LogP contribution is 2.41. The van der Waals surface area contributed by atoms with E-state index in [1.165, 1.54) is 0 Å². The van der Waals surface area contributed by atoms with Crippen molar-refractivity contribution in [3.8, 4) is 0 Å². The van der Waals surface area contributed by atoms with E-state index in [-0.39, 0.29) is 11.7 Å². The maximum Gasteiger partial charge on any atom is 0.322 e. The first-order chi connectivity index (χ1) is 13.0. The number of carbonyl (C=O) groups is 1. The minimum absolute atomic E-state index is 0.129. The lowest BCUT2D eigenvalue weighted by Crippen LogP contribution is -2.41. The molecule has 1 saturated carbocycles. The second-order valence-corrected chi connectivity index (χ2v) is 7.19. The second kappa shape index (κ2) is 6.90. The first kappa shape index (κ1) is 17.9. The van der Waals surface area contributed by atoms with Crippen molar-refractivity contribution in [2.45, 2.75) is 51.0 Å². The minimum Gasteiger partial charge on any atom is -0.360 e. The molecule has 27 heavy (non-hydrogen) atoms. The van der Waals surface area contributed by atoms with Crippen LogP contribution in [0.15, 0.2) is 16.7 Å². The van der Waals surface area contributed by atoms with E-state index in [0.717, 1.165) is 54.8 Å². The number of nitrogens with one attached hydrogen (secondary N) is 1. The Kier molecular flexibility index (Phi) is 4.57. The van der Waals surface area contributed by atoms with Crippen LogP contribution < -0.4 is 5.32 Å². The molecule has 0 unspecified atom stereocenters. The first-order valence-electron chi connectivity index (χ1n) is 9.16. The van der Waals surface area contributed by atoms with Gasteiger partial charge in [-0.2, -0.15) is 0 Å². The molecule has 1 aliphatic heterocycles. The van der Waals surface area contributed by atoms with Gasteiger partial charge in [0.1, 0.15) is 5.76 Å². The van der Waals surface area contributed by atoms with E-state index in [4.69, 9.17) is 4.52 Å². The molecule has 0 radical (unpaired) electrons. The van der Waals surface area contributed by atoms with E-state index in [1.54, 1.807) is 4.90 Å². The van der Waals surface area contributed by atoms with Crippen LogP contribution >= 0.6 is 0 Å². The lowest BCUT2D eigenvalue weighted by atomic mass is 9.92. The van der Waals surface area contributed by atoms with Gasteiger partial charge in [0.25, 0.3) is 0 Å². The summed E-state index contributed by atoms with van der Waals surface area (Å²) >= 11 is 0. The number of urea groups is 1. The molecule has 0 bridgehead atoms. The predicted octanol–water partition coefficient (Wildman–Crippen LogP) is 4.90. The summed E-state index contributed by atoms with van der Waals surface area (Å²) in [5, 5.41) is 6.64. The number of rotatable bonds is 2. The first-order valence-corrected chi connectivity index (χ1v) is 9.16. The highest BCUT2D eigenvalue weighted by molar-refractivity contribution is 5.89. The standard InChI is InChI=1S/C19H20F3N3O2/c1-10-16-15(24-27-18(16)11-4-2-3-5-11)6-7-25(10)19(26)23-12-8-13(20)17(22)14(21)9-12/h8-11H,2-7H2,1H3,(H,23,26)/t10-/m0/s1. The third kappa shape index (κ3) is 3.17. The summed E-state index contributed by atoms with van der Waals surface area (Å²) in [5.41, 5.74) is 1.68. The van der Waals surface area contributed by atoms with Crippen LogP contribution in [0.3, 0.4) is 0 Å². The third-order valence-corrected chi connectivity index (χ3v) is 5.53. The molecule has 0 spiro atoms. The maximum absolute atomic E-state index is 13.4. The smallest absolute Gasteiger partial charge is 0.322 e. The summed E-state index contributed by atoms with van der Waals surface area (Å²) in [6.45, 7) is 2.29. The fourth-order valence-corrected chi connectivity index (χ4v) is 4.13. The molecule has 0 saturated heterocycles. The van der Waals surface area contributed by atoms with E-state index in [0.29, 0.717) is 18.9 Å². The Morgan fingerprint density at radius 2 is 1.89 bits per heavy atom. The zero-order valence-electron chi connectivity index (χ0n) is 14.9. The Morgan fingerprint density at radius 1 is 1.22 bits per heavy atom. The van der Waals surface area contributed by atoms with Crippen LogP contribution in [0.4, 0.5) is 23.7 Å². The second-order valence-electron chi connectivity index (χ2n) is 7.19. The summed E-state index contributed by atoms with van der Waals surface area (Å²) in [7, 11) is 0. The van der Waals surface area contributed by atoms with Gasteiger partial charge in [-0.3, -0.25) is 0 Å². The molecule has 5 nitrogen and oxygen atoms in total. The Balaban J connectivity index is 1.55. The molecule has 1 N–H and O–H groups in total. The molecule has 1 fully saturated rings. The number of hydrogen-bond acceptors (Lipinski definition) is 3. The predicted molar refractivity (Wildman–Crippen MR) is 91.9 cm³/mol. The van der Waals surface area contributed by atoms with Gasteiger partial charge in [-0.15, -0.1) is 0 Å². The van der Waals surface area contributed by atoms with Gasteiger partial charge in [-0.1, -0.05) is 18.0 Å². The Labute approximate surface area is 154 Å². The summed E-state index contributed by atoms with van der Waals surface area (Å²) in [5.74, 6) is -3.07. The number of fused-ring (bicyclic) bond motifs is 1. The zero-order valence-corrected chi connectivity index (χ0v) is 14.9. The molecule has 1 aromatic heterocycles. The topological polar surface area (TPSA) is 58.4 Å². The summed E-state index contributed by atoms with van der Waals surface area (Å²) in [6, 6.07) is 0.752. The van der Waals surface area contributed by atoms with Gasteiger partial charge in [0.15, 0.2) is 17.5 Å². The molecule has 2 amide bonds. The summed E-state index contributed by atoms with van der Waals surface area (Å²) < 4.78 is 45.5. The molecule has 1 atom stereocenters. The number of hydrogen-bond donors (Lipinski definition) is 1. The van der Waals surface area contributed by atoms with Crippen LogP contribution in [0.1, 0.15) is 61.6 Å². The summed E-state index contributed by atoms with van der Waals surface area (Å²) in [6.07, 6.45) is 4.96. The molecule has 2 aromatic rings. The third-order valence-electron chi connectivity index (χ3n) is 5.53. The summed E-state index contributed by atoms with van der Waals surface area (Å²) in [4.78, 5) is 14.3. The number of benzene rings is 1. The van der Waals surface area contributed by atoms with Crippen LogP contribution in [0.5, 0.6) is 0 Å². The van der Waals surface area contributed by atoms with E-state index in [1.807, 2.05) is 6.92 Å². The highest BCUT2D eigenvalue weighted by Gasteiger charge is 2.36. The lowest BCUT2D eigenvalue weighted by molar-refractivity contribution is 0.187. The van der Waals surface area contributed by atoms with E-state index in [2.05, 4.69) is 10.5 Å². The number of anilines is 1. The fourth-order valence-electron chi connectivity index (χ4n) is 4.13. The normalized spacial score (nSPS) is 20.0. The van der Waals surface area contributed by atoms with Crippen LogP contribution in [-0.4, -0.2) is 22.6 Å². The van der Waals surface area contributed by atoms with Crippen molar-refractivity contribution in [3.05, 3.63) is 46.6 Å². The Hall–Kier alpha value is -2.51. The van der Waals surface area contributed by atoms with E-state index >= 15 is 0 Å². The molecule has 4 rings (SSSR count). The maximum atomic E-state index is 13.4. The molecule has 2 aliphatic rings. The van der Waals surface area contributed by atoms with Crippen LogP contribution in [-0.2, 0) is 6.42 Å². The fraction of sp³-hybridized carbons (Fsp3) is 0.474. The van der Waals surface area contributed by atoms with E-state index < -0.39 is 23.5 Å². The van der Waals surface area contributed by atoms with Gasteiger partial charge in [0.05, 0.1) is 11.7 Å². The monoisotopic (exact) mass is 379 g/mol. The average molecular weight is 379 g/mol. The van der Waals surface area contributed by atoms with Gasteiger partial charge >= 0.3 is 6.03 Å². The average Bonchev–Trinajstić information content (AvgIpc) is 3.29. The van der Waals surface area contributed by atoms with Gasteiger partial charge in [-0.25, -0.2) is 18.0 Å². The van der Waals surface area contributed by atoms with Crippen molar-refractivity contribution in [2.24, 2.45) is 0 Å².